The minimum absolute atomic E-state index is 0.118. The molecule has 0 saturated heterocycles. The van der Waals surface area contributed by atoms with Gasteiger partial charge in [-0.1, -0.05) is 45.2 Å². The molecule has 1 N–H and O–H groups in total. The lowest BCUT2D eigenvalue weighted by Crippen LogP contribution is -2.45. The van der Waals surface area contributed by atoms with Crippen molar-refractivity contribution in [1.82, 2.24) is 5.32 Å². The number of alkyl halides is 2. The maximum atomic E-state index is 15.0. The summed E-state index contributed by atoms with van der Waals surface area (Å²) in [5, 5.41) is 2.06. The standard InChI is InChI=1S/C24H32F4I2N2O5/c1-23(2,3)36-14(33)8-7-13(22(35)37-24(4,5)6)31-21(34)15-16(25)18(27)20(19(28)17(15)26)32(11-9-29)12-10-30/h13H,7-12H2,1-6H3,(H,31,34)/t13-/m0/s1. The van der Waals surface area contributed by atoms with Crippen LogP contribution in [0.15, 0.2) is 0 Å². The zero-order valence-electron chi connectivity index (χ0n) is 21.6. The summed E-state index contributed by atoms with van der Waals surface area (Å²) in [6.45, 7) is 9.81. The van der Waals surface area contributed by atoms with E-state index in [0.717, 1.165) is 4.90 Å². The van der Waals surface area contributed by atoms with Gasteiger partial charge in [-0.05, 0) is 48.0 Å². The number of anilines is 1. The average Bonchev–Trinajstić information content (AvgIpc) is 2.73. The lowest BCUT2D eigenvalue weighted by molar-refractivity contribution is -0.158. The van der Waals surface area contributed by atoms with E-state index in [9.17, 15) is 31.9 Å². The second kappa shape index (κ2) is 14.1. The number of carbonyl (C=O) groups is 3. The molecule has 1 aromatic rings. The topological polar surface area (TPSA) is 84.9 Å². The van der Waals surface area contributed by atoms with Crippen LogP contribution in [0.1, 0.15) is 64.7 Å². The number of hydrogen-bond donors (Lipinski definition) is 1. The Balaban J connectivity index is 3.35. The minimum Gasteiger partial charge on any atom is -0.460 e. The van der Waals surface area contributed by atoms with Crippen molar-refractivity contribution in [2.24, 2.45) is 0 Å². The number of halogens is 6. The second-order valence-electron chi connectivity index (χ2n) is 10.0. The van der Waals surface area contributed by atoms with Gasteiger partial charge >= 0.3 is 11.9 Å². The van der Waals surface area contributed by atoms with Crippen LogP contribution in [0.3, 0.4) is 0 Å². The molecule has 0 fully saturated rings. The first-order valence-corrected chi connectivity index (χ1v) is 14.5. The number of rotatable bonds is 11. The van der Waals surface area contributed by atoms with Crippen LogP contribution >= 0.6 is 45.2 Å². The average molecular weight is 758 g/mol. The van der Waals surface area contributed by atoms with Gasteiger partial charge in [-0.3, -0.25) is 9.59 Å². The molecular weight excluding hydrogens is 726 g/mol. The third-order valence-electron chi connectivity index (χ3n) is 4.55. The molecular formula is C24H32F4I2N2O5. The summed E-state index contributed by atoms with van der Waals surface area (Å²) >= 11 is 3.91. The van der Waals surface area contributed by atoms with E-state index in [2.05, 4.69) is 5.32 Å². The van der Waals surface area contributed by atoms with E-state index in [1.807, 2.05) is 45.2 Å². The highest BCUT2D eigenvalue weighted by atomic mass is 127. The molecule has 0 aliphatic rings. The number of nitrogens with zero attached hydrogens (tertiary/aromatic N) is 1. The van der Waals surface area contributed by atoms with E-state index in [4.69, 9.17) is 9.47 Å². The summed E-state index contributed by atoms with van der Waals surface area (Å²) in [4.78, 5) is 38.8. The van der Waals surface area contributed by atoms with Gasteiger partial charge < -0.3 is 19.7 Å². The van der Waals surface area contributed by atoms with Gasteiger partial charge in [0.15, 0.2) is 23.3 Å². The van der Waals surface area contributed by atoms with Crippen molar-refractivity contribution in [2.75, 3.05) is 26.8 Å². The van der Waals surface area contributed by atoms with E-state index >= 15 is 0 Å². The molecule has 0 aliphatic heterocycles. The van der Waals surface area contributed by atoms with Crippen molar-refractivity contribution < 1.29 is 41.4 Å². The Bertz CT molecular complexity index is 962. The third kappa shape index (κ3) is 10.4. The SMILES string of the molecule is CC(C)(C)OC(=O)CC[C@H](NC(=O)c1c(F)c(F)c(N(CCI)CCI)c(F)c1F)C(=O)OC(C)(C)C. The largest absolute Gasteiger partial charge is 0.460 e. The number of nitrogens with one attached hydrogen (secondary N) is 1. The fraction of sp³-hybridized carbons (Fsp3) is 0.625. The Morgan fingerprint density at radius 1 is 0.838 bits per heavy atom. The van der Waals surface area contributed by atoms with Crippen molar-refractivity contribution in [3.05, 3.63) is 28.8 Å². The molecule has 1 aromatic carbocycles. The number of hydrogen-bond acceptors (Lipinski definition) is 6. The van der Waals surface area contributed by atoms with Gasteiger partial charge in [-0.2, -0.15) is 0 Å². The van der Waals surface area contributed by atoms with Gasteiger partial charge in [-0.15, -0.1) is 0 Å². The van der Waals surface area contributed by atoms with E-state index in [-0.39, 0.29) is 25.9 Å². The Morgan fingerprint density at radius 2 is 1.30 bits per heavy atom. The molecule has 0 saturated carbocycles. The van der Waals surface area contributed by atoms with Gasteiger partial charge in [0.25, 0.3) is 5.91 Å². The van der Waals surface area contributed by atoms with Crippen molar-refractivity contribution in [2.45, 2.75) is 71.6 Å². The van der Waals surface area contributed by atoms with Gasteiger partial charge in [0.2, 0.25) is 0 Å². The van der Waals surface area contributed by atoms with E-state index in [1.165, 1.54) is 0 Å². The molecule has 1 amide bonds. The maximum Gasteiger partial charge on any atom is 0.329 e. The zero-order chi connectivity index (χ0) is 28.7. The number of carbonyl (C=O) groups excluding carboxylic acids is 3. The van der Waals surface area contributed by atoms with E-state index in [0.29, 0.717) is 8.86 Å². The van der Waals surface area contributed by atoms with Crippen LogP contribution in [0.4, 0.5) is 23.2 Å². The normalized spacial score (nSPS) is 12.6. The number of esters is 2. The number of benzene rings is 1. The third-order valence-corrected chi connectivity index (χ3v) is 5.51. The predicted octanol–water partition coefficient (Wildman–Crippen LogP) is 5.48. The Kier molecular flexibility index (Phi) is 12.8. The van der Waals surface area contributed by atoms with Gasteiger partial charge in [-0.25, -0.2) is 22.4 Å². The smallest absolute Gasteiger partial charge is 0.329 e. The second-order valence-corrected chi connectivity index (χ2v) is 12.2. The molecule has 7 nitrogen and oxygen atoms in total. The fourth-order valence-corrected chi connectivity index (χ4v) is 4.31. The Labute approximate surface area is 241 Å². The summed E-state index contributed by atoms with van der Waals surface area (Å²) in [6, 6.07) is -1.56. The van der Waals surface area contributed by atoms with Crippen LogP contribution in [-0.4, -0.2) is 57.0 Å². The lowest BCUT2D eigenvalue weighted by Gasteiger charge is -2.26. The van der Waals surface area contributed by atoms with Gasteiger partial charge in [0.05, 0.1) is 0 Å². The molecule has 0 aliphatic carbocycles. The molecule has 0 heterocycles. The quantitative estimate of drug-likeness (QED) is 0.106. The van der Waals surface area contributed by atoms with Crippen LogP contribution in [-0.2, 0) is 19.1 Å². The first-order chi connectivity index (χ1) is 16.9. The Morgan fingerprint density at radius 3 is 1.70 bits per heavy atom. The Hall–Kier alpha value is -1.39. The highest BCUT2D eigenvalue weighted by molar-refractivity contribution is 14.1. The van der Waals surface area contributed by atoms with Gasteiger partial charge in [0.1, 0.15) is 28.5 Å². The highest BCUT2D eigenvalue weighted by Gasteiger charge is 2.35. The van der Waals surface area contributed by atoms with Crippen LogP contribution in [0.5, 0.6) is 0 Å². The molecule has 1 rings (SSSR count). The number of ether oxygens (including phenoxy) is 2. The van der Waals surface area contributed by atoms with Crippen molar-refractivity contribution >= 4 is 68.7 Å². The lowest BCUT2D eigenvalue weighted by atomic mass is 10.1. The van der Waals surface area contributed by atoms with Crippen molar-refractivity contribution in [1.29, 1.82) is 0 Å². The van der Waals surface area contributed by atoms with Crippen LogP contribution in [0, 0.1) is 23.3 Å². The minimum atomic E-state index is -1.90. The molecule has 13 heteroatoms. The zero-order valence-corrected chi connectivity index (χ0v) is 25.9. The van der Waals surface area contributed by atoms with Crippen LogP contribution in [0.2, 0.25) is 0 Å². The molecule has 210 valence electrons. The summed E-state index contributed by atoms with van der Waals surface area (Å²) in [7, 11) is 0. The summed E-state index contributed by atoms with van der Waals surface area (Å²) in [5.41, 5.74) is -4.24. The summed E-state index contributed by atoms with van der Waals surface area (Å²) in [5.74, 6) is -10.5. The van der Waals surface area contributed by atoms with Crippen molar-refractivity contribution in [3.63, 3.8) is 0 Å². The molecule has 0 radical (unpaired) electrons. The first kappa shape index (κ1) is 33.6. The molecule has 0 unspecified atom stereocenters. The summed E-state index contributed by atoms with van der Waals surface area (Å²) < 4.78 is 71.0. The van der Waals surface area contributed by atoms with E-state index in [1.54, 1.807) is 41.5 Å². The maximum absolute atomic E-state index is 15.0. The van der Waals surface area contributed by atoms with Crippen LogP contribution < -0.4 is 10.2 Å². The van der Waals surface area contributed by atoms with E-state index < -0.39 is 69.6 Å². The molecule has 0 bridgehead atoms. The highest BCUT2D eigenvalue weighted by Crippen LogP contribution is 2.31. The van der Waals surface area contributed by atoms with Gasteiger partial charge in [0, 0.05) is 28.4 Å². The monoisotopic (exact) mass is 758 g/mol. The fourth-order valence-electron chi connectivity index (χ4n) is 3.14. The molecule has 0 spiro atoms. The van der Waals surface area contributed by atoms with Crippen molar-refractivity contribution in [3.8, 4) is 0 Å². The van der Waals surface area contributed by atoms with Crippen LogP contribution in [0.25, 0.3) is 0 Å². The molecule has 37 heavy (non-hydrogen) atoms. The summed E-state index contributed by atoms with van der Waals surface area (Å²) in [6.07, 6.45) is -0.698. The predicted molar refractivity (Wildman–Crippen MR) is 148 cm³/mol. The molecule has 0 aromatic heterocycles. The first-order valence-electron chi connectivity index (χ1n) is 11.4. The number of amides is 1. The molecule has 1 atom stereocenters.